The van der Waals surface area contributed by atoms with E-state index >= 15 is 0 Å². The Balaban J connectivity index is 2.06. The van der Waals surface area contributed by atoms with Gasteiger partial charge in [-0.2, -0.15) is 0 Å². The molecule has 0 aromatic heterocycles. The van der Waals surface area contributed by atoms with Gasteiger partial charge in [0.1, 0.15) is 18.1 Å². The van der Waals surface area contributed by atoms with Crippen LogP contribution in [0.25, 0.3) is 0 Å². The molecule has 5 heteroatoms. The Morgan fingerprint density at radius 3 is 2.35 bits per heavy atom. The summed E-state index contributed by atoms with van der Waals surface area (Å²) < 4.78 is 15.9. The van der Waals surface area contributed by atoms with Crippen molar-refractivity contribution in [2.45, 2.75) is 26.0 Å². The molecule has 0 heterocycles. The predicted octanol–water partition coefficient (Wildman–Crippen LogP) is 1.45. The van der Waals surface area contributed by atoms with Gasteiger partial charge >= 0.3 is 0 Å². The average molecular weight is 283 g/mol. The summed E-state index contributed by atoms with van der Waals surface area (Å²) in [5, 5.41) is 12.8. The van der Waals surface area contributed by atoms with Crippen molar-refractivity contribution in [1.29, 1.82) is 0 Å². The van der Waals surface area contributed by atoms with Crippen LogP contribution in [0.1, 0.15) is 13.8 Å². The third kappa shape index (κ3) is 7.33. The van der Waals surface area contributed by atoms with E-state index in [0.29, 0.717) is 32.4 Å². The first-order valence-corrected chi connectivity index (χ1v) is 6.88. The molecular formula is C15H25NO4. The molecule has 1 aromatic rings. The Bertz CT molecular complexity index is 353. The van der Waals surface area contributed by atoms with Crippen molar-refractivity contribution in [3.63, 3.8) is 0 Å². The van der Waals surface area contributed by atoms with Gasteiger partial charge in [0.15, 0.2) is 0 Å². The Morgan fingerprint density at radius 2 is 1.75 bits per heavy atom. The van der Waals surface area contributed by atoms with E-state index < -0.39 is 6.10 Å². The minimum Gasteiger partial charge on any atom is -0.497 e. The van der Waals surface area contributed by atoms with Crippen LogP contribution in [0.3, 0.4) is 0 Å². The van der Waals surface area contributed by atoms with E-state index in [1.807, 2.05) is 38.1 Å². The summed E-state index contributed by atoms with van der Waals surface area (Å²) in [7, 11) is 1.63. The van der Waals surface area contributed by atoms with Crippen molar-refractivity contribution in [2.24, 2.45) is 0 Å². The van der Waals surface area contributed by atoms with Gasteiger partial charge in [-0.15, -0.1) is 0 Å². The summed E-state index contributed by atoms with van der Waals surface area (Å²) in [4.78, 5) is 0. The van der Waals surface area contributed by atoms with Crippen LogP contribution in [-0.4, -0.2) is 50.7 Å². The van der Waals surface area contributed by atoms with Gasteiger partial charge in [-0.1, -0.05) is 13.8 Å². The Labute approximate surface area is 120 Å². The molecule has 0 fully saturated rings. The van der Waals surface area contributed by atoms with Crippen LogP contribution in [0.2, 0.25) is 0 Å². The average Bonchev–Trinajstić information content (AvgIpc) is 2.45. The number of hydrogen-bond acceptors (Lipinski definition) is 5. The Kier molecular flexibility index (Phi) is 8.02. The zero-order chi connectivity index (χ0) is 14.8. The summed E-state index contributed by atoms with van der Waals surface area (Å²) in [6.45, 7) is 5.83. The molecule has 1 atom stereocenters. The molecular weight excluding hydrogens is 258 g/mol. The van der Waals surface area contributed by atoms with Crippen LogP contribution >= 0.6 is 0 Å². The number of rotatable bonds is 10. The van der Waals surface area contributed by atoms with Crippen LogP contribution in [0.15, 0.2) is 24.3 Å². The van der Waals surface area contributed by atoms with Crippen LogP contribution in [0.4, 0.5) is 0 Å². The van der Waals surface area contributed by atoms with E-state index in [1.165, 1.54) is 0 Å². The molecule has 0 saturated carbocycles. The smallest absolute Gasteiger partial charge is 0.119 e. The lowest BCUT2D eigenvalue weighted by Gasteiger charge is -2.14. The summed E-state index contributed by atoms with van der Waals surface area (Å²) >= 11 is 0. The molecule has 0 saturated heterocycles. The molecule has 0 aliphatic carbocycles. The van der Waals surface area contributed by atoms with Gasteiger partial charge < -0.3 is 24.6 Å². The molecule has 0 unspecified atom stereocenters. The van der Waals surface area contributed by atoms with E-state index in [0.717, 1.165) is 11.5 Å². The highest BCUT2D eigenvalue weighted by atomic mass is 16.5. The van der Waals surface area contributed by atoms with Crippen LogP contribution < -0.4 is 14.8 Å². The van der Waals surface area contributed by atoms with Gasteiger partial charge in [0, 0.05) is 12.6 Å². The lowest BCUT2D eigenvalue weighted by Crippen LogP contribution is -2.34. The lowest BCUT2D eigenvalue weighted by molar-refractivity contribution is 0.0244. The zero-order valence-electron chi connectivity index (χ0n) is 12.5. The molecule has 0 amide bonds. The van der Waals surface area contributed by atoms with Crippen molar-refractivity contribution in [3.05, 3.63) is 24.3 Å². The fraction of sp³-hybridized carbons (Fsp3) is 0.600. The molecule has 5 nitrogen and oxygen atoms in total. The van der Waals surface area contributed by atoms with Gasteiger partial charge in [-0.25, -0.2) is 0 Å². The molecule has 0 bridgehead atoms. The third-order valence-corrected chi connectivity index (χ3v) is 2.63. The molecule has 114 valence electrons. The van der Waals surface area contributed by atoms with Gasteiger partial charge in [0.2, 0.25) is 0 Å². The second-order valence-electron chi connectivity index (χ2n) is 4.82. The fourth-order valence-electron chi connectivity index (χ4n) is 1.54. The van der Waals surface area contributed by atoms with E-state index in [-0.39, 0.29) is 0 Å². The summed E-state index contributed by atoms with van der Waals surface area (Å²) in [6.07, 6.45) is -0.488. The predicted molar refractivity (Wildman–Crippen MR) is 78.5 cm³/mol. The van der Waals surface area contributed by atoms with Crippen molar-refractivity contribution in [1.82, 2.24) is 5.32 Å². The second-order valence-corrected chi connectivity index (χ2v) is 4.82. The summed E-state index contributed by atoms with van der Waals surface area (Å²) in [6, 6.07) is 7.75. The van der Waals surface area contributed by atoms with E-state index in [1.54, 1.807) is 7.11 Å². The monoisotopic (exact) mass is 283 g/mol. The minimum absolute atomic E-state index is 0.311. The van der Waals surface area contributed by atoms with Gasteiger partial charge in [0.25, 0.3) is 0 Å². The normalized spacial score (nSPS) is 12.4. The first-order chi connectivity index (χ1) is 9.61. The first kappa shape index (κ1) is 16.8. The highest BCUT2D eigenvalue weighted by Gasteiger charge is 2.04. The van der Waals surface area contributed by atoms with Crippen LogP contribution in [0, 0.1) is 0 Å². The Morgan fingerprint density at radius 1 is 1.10 bits per heavy atom. The van der Waals surface area contributed by atoms with Crippen molar-refractivity contribution in [3.8, 4) is 11.5 Å². The lowest BCUT2D eigenvalue weighted by atomic mass is 10.3. The number of aliphatic hydroxyl groups excluding tert-OH is 1. The standard InChI is InChI=1S/C15H25NO4/c1-12(2)16-10-13(17)11-19-8-9-20-15-6-4-14(18-3)5-7-15/h4-7,12-13,16-17H,8-11H2,1-3H3/t13-/m0/s1. The van der Waals surface area contributed by atoms with Gasteiger partial charge in [-0.3, -0.25) is 0 Å². The minimum atomic E-state index is -0.488. The SMILES string of the molecule is COc1ccc(OCCOC[C@@H](O)CNC(C)C)cc1. The summed E-state index contributed by atoms with van der Waals surface area (Å²) in [5.41, 5.74) is 0. The molecule has 0 radical (unpaired) electrons. The zero-order valence-corrected chi connectivity index (χ0v) is 12.5. The molecule has 0 aliphatic heterocycles. The maximum Gasteiger partial charge on any atom is 0.119 e. The molecule has 0 spiro atoms. The fourth-order valence-corrected chi connectivity index (χ4v) is 1.54. The Hall–Kier alpha value is -1.30. The highest BCUT2D eigenvalue weighted by Crippen LogP contribution is 2.16. The molecule has 0 aliphatic rings. The van der Waals surface area contributed by atoms with Crippen LogP contribution in [-0.2, 0) is 4.74 Å². The topological polar surface area (TPSA) is 60.0 Å². The van der Waals surface area contributed by atoms with E-state index in [4.69, 9.17) is 14.2 Å². The largest absolute Gasteiger partial charge is 0.497 e. The number of benzene rings is 1. The number of ether oxygens (including phenoxy) is 3. The maximum absolute atomic E-state index is 9.63. The first-order valence-electron chi connectivity index (χ1n) is 6.88. The molecule has 1 aromatic carbocycles. The number of hydrogen-bond donors (Lipinski definition) is 2. The van der Waals surface area contributed by atoms with E-state index in [9.17, 15) is 5.11 Å². The van der Waals surface area contributed by atoms with Gasteiger partial charge in [0.05, 0.1) is 26.4 Å². The number of methoxy groups -OCH3 is 1. The van der Waals surface area contributed by atoms with Gasteiger partial charge in [-0.05, 0) is 24.3 Å². The van der Waals surface area contributed by atoms with Crippen LogP contribution in [0.5, 0.6) is 11.5 Å². The second kappa shape index (κ2) is 9.58. The van der Waals surface area contributed by atoms with Crippen molar-refractivity contribution < 1.29 is 19.3 Å². The highest BCUT2D eigenvalue weighted by molar-refractivity contribution is 5.31. The maximum atomic E-state index is 9.63. The molecule has 1 rings (SSSR count). The van der Waals surface area contributed by atoms with Crippen molar-refractivity contribution in [2.75, 3.05) is 33.5 Å². The number of nitrogens with one attached hydrogen (secondary N) is 1. The van der Waals surface area contributed by atoms with E-state index in [2.05, 4.69) is 5.32 Å². The third-order valence-electron chi connectivity index (χ3n) is 2.63. The molecule has 2 N–H and O–H groups in total. The summed E-state index contributed by atoms with van der Waals surface area (Å²) in [5.74, 6) is 1.57. The van der Waals surface area contributed by atoms with Crippen molar-refractivity contribution >= 4 is 0 Å². The number of aliphatic hydroxyl groups is 1. The molecule has 20 heavy (non-hydrogen) atoms. The quantitative estimate of drug-likeness (QED) is 0.636.